The third-order valence-corrected chi connectivity index (χ3v) is 9.92. The number of nitrogens with one attached hydrogen (secondary N) is 1. The average Bonchev–Trinajstić information content (AvgIpc) is 3.43. The van der Waals surface area contributed by atoms with Crippen LogP contribution in [0.1, 0.15) is 21.9 Å². The van der Waals surface area contributed by atoms with Gasteiger partial charge in [-0.15, -0.1) is 0 Å². The van der Waals surface area contributed by atoms with E-state index in [-0.39, 0.29) is 5.69 Å². The quantitative estimate of drug-likeness (QED) is 0.290. The van der Waals surface area contributed by atoms with Gasteiger partial charge in [0.05, 0.1) is 29.3 Å². The minimum Gasteiger partial charge on any atom is -0.497 e. The minimum absolute atomic E-state index is 0.0708. The molecule has 6 rings (SSSR count). The molecule has 0 bridgehead atoms. The summed E-state index contributed by atoms with van der Waals surface area (Å²) >= 11 is 1.94. The lowest BCUT2D eigenvalue weighted by Crippen LogP contribution is -2.33. The van der Waals surface area contributed by atoms with Gasteiger partial charge >= 0.3 is 11.0 Å². The fraction of sp³-hybridized carbons (Fsp3) is 0.200. The predicted molar refractivity (Wildman–Crippen MR) is 156 cm³/mol. The van der Waals surface area contributed by atoms with Gasteiger partial charge in [-0.1, -0.05) is 59.5 Å². The van der Waals surface area contributed by atoms with Crippen molar-refractivity contribution in [3.8, 4) is 5.75 Å². The first-order valence-corrected chi connectivity index (χ1v) is 14.7. The predicted octanol–water partition coefficient (Wildman–Crippen LogP) is 5.37. The van der Waals surface area contributed by atoms with Crippen molar-refractivity contribution in [2.75, 3.05) is 17.3 Å². The Balaban J connectivity index is 1.36. The molecule has 2 aliphatic heterocycles. The number of nitrogens with zero attached hydrogens (tertiary/aromatic N) is 2. The van der Waals surface area contributed by atoms with Crippen molar-refractivity contribution in [1.82, 2.24) is 4.57 Å². The summed E-state index contributed by atoms with van der Waals surface area (Å²) in [7, 11) is 1.51. The maximum atomic E-state index is 13.9. The van der Waals surface area contributed by atoms with Crippen LogP contribution in [-0.2, 0) is 27.1 Å². The molecule has 13 heteroatoms. The highest BCUT2D eigenvalue weighted by Crippen LogP contribution is 2.53. The number of ether oxygens (including phenoxy) is 1. The molecule has 0 radical (unpaired) electrons. The van der Waals surface area contributed by atoms with E-state index in [4.69, 9.17) is 4.74 Å². The number of carbonyl (C=O) groups is 3. The van der Waals surface area contributed by atoms with Gasteiger partial charge in [0.15, 0.2) is 0 Å². The van der Waals surface area contributed by atoms with Gasteiger partial charge in [0.25, 0.3) is 0 Å². The van der Waals surface area contributed by atoms with E-state index in [1.807, 2.05) is 18.2 Å². The number of benzene rings is 3. The number of halogens is 3. The number of hydrogen-bond donors (Lipinski definition) is 1. The first kappa shape index (κ1) is 28.7. The maximum Gasteiger partial charge on any atom is 0.416 e. The fourth-order valence-corrected chi connectivity index (χ4v) is 8.15. The average molecular weight is 626 g/mol. The molecule has 1 fully saturated rings. The summed E-state index contributed by atoms with van der Waals surface area (Å²) in [6, 6.07) is 19.8. The number of aromatic nitrogens is 1. The van der Waals surface area contributed by atoms with Gasteiger partial charge in [0, 0.05) is 16.5 Å². The van der Waals surface area contributed by atoms with Crippen LogP contribution in [0.3, 0.4) is 0 Å². The van der Waals surface area contributed by atoms with E-state index in [1.54, 1.807) is 36.4 Å². The largest absolute Gasteiger partial charge is 0.497 e. The second kappa shape index (κ2) is 11.0. The molecule has 43 heavy (non-hydrogen) atoms. The standard InChI is InChI=1S/C30H22F3N3O5S2/c1-41-20-12-10-19(11-13-20)36-26(38)23-22(16-6-3-2-4-7-16)25-28(42-24(23)27(36)39)35(29(40)43-25)15-21(37)34-18-9-5-8-17(14-18)30(31,32)33/h2-14,22-24H,15H2,1H3,(H,34,37)/t22-,23?,24?/m1/s1. The molecule has 1 aromatic heterocycles. The van der Waals surface area contributed by atoms with Gasteiger partial charge in [0.2, 0.25) is 17.7 Å². The topological polar surface area (TPSA) is 97.7 Å². The number of hydrogen-bond acceptors (Lipinski definition) is 7. The number of amides is 3. The molecule has 2 unspecified atom stereocenters. The summed E-state index contributed by atoms with van der Waals surface area (Å²) in [5, 5.41) is 1.93. The molecule has 2 aliphatic rings. The summed E-state index contributed by atoms with van der Waals surface area (Å²) in [4.78, 5) is 55.1. The van der Waals surface area contributed by atoms with E-state index in [9.17, 15) is 32.3 Å². The molecule has 0 spiro atoms. The summed E-state index contributed by atoms with van der Waals surface area (Å²) in [6.45, 7) is -0.489. The summed E-state index contributed by atoms with van der Waals surface area (Å²) in [5.74, 6) is -2.44. The molecular weight excluding hydrogens is 603 g/mol. The van der Waals surface area contributed by atoms with Gasteiger partial charge < -0.3 is 10.1 Å². The van der Waals surface area contributed by atoms with Gasteiger partial charge in [-0.25, -0.2) is 4.90 Å². The lowest BCUT2D eigenvalue weighted by atomic mass is 9.83. The molecule has 0 saturated carbocycles. The Morgan fingerprint density at radius 3 is 2.35 bits per heavy atom. The summed E-state index contributed by atoms with van der Waals surface area (Å²) < 4.78 is 45.8. The molecule has 4 aromatic rings. The van der Waals surface area contributed by atoms with Crippen LogP contribution in [0, 0.1) is 5.92 Å². The molecule has 220 valence electrons. The Labute approximate surface area is 251 Å². The Hall–Kier alpha value is -4.36. The van der Waals surface area contributed by atoms with E-state index in [0.29, 0.717) is 21.3 Å². The van der Waals surface area contributed by atoms with Gasteiger partial charge in [0.1, 0.15) is 17.5 Å². The van der Waals surface area contributed by atoms with Crippen LogP contribution in [0.4, 0.5) is 24.5 Å². The van der Waals surface area contributed by atoms with Crippen molar-refractivity contribution in [1.29, 1.82) is 0 Å². The zero-order valence-electron chi connectivity index (χ0n) is 22.3. The Morgan fingerprint density at radius 2 is 1.67 bits per heavy atom. The number of methoxy groups -OCH3 is 1. The maximum absolute atomic E-state index is 13.9. The van der Waals surface area contributed by atoms with Crippen LogP contribution in [0.25, 0.3) is 0 Å². The highest BCUT2D eigenvalue weighted by molar-refractivity contribution is 8.00. The molecule has 3 heterocycles. The van der Waals surface area contributed by atoms with Gasteiger partial charge in [-0.2, -0.15) is 13.2 Å². The molecular formula is C30H22F3N3O5S2. The molecule has 3 aromatic carbocycles. The van der Waals surface area contributed by atoms with E-state index in [1.165, 1.54) is 23.8 Å². The zero-order chi connectivity index (χ0) is 30.5. The van der Waals surface area contributed by atoms with E-state index in [2.05, 4.69) is 5.32 Å². The van der Waals surface area contributed by atoms with Crippen LogP contribution in [-0.4, -0.2) is 34.6 Å². The number of anilines is 2. The van der Waals surface area contributed by atoms with E-state index in [0.717, 1.165) is 45.7 Å². The fourth-order valence-electron chi connectivity index (χ4n) is 5.38. The van der Waals surface area contributed by atoms with E-state index < -0.39 is 58.0 Å². The molecule has 1 saturated heterocycles. The first-order valence-electron chi connectivity index (χ1n) is 13.0. The number of carbonyl (C=O) groups excluding carboxylic acids is 3. The van der Waals surface area contributed by atoms with Gasteiger partial charge in [-0.3, -0.25) is 23.7 Å². The van der Waals surface area contributed by atoms with Crippen LogP contribution in [0.15, 0.2) is 88.7 Å². The van der Waals surface area contributed by atoms with Crippen LogP contribution in [0.5, 0.6) is 5.75 Å². The zero-order valence-corrected chi connectivity index (χ0v) is 24.0. The second-order valence-electron chi connectivity index (χ2n) is 9.91. The highest BCUT2D eigenvalue weighted by Gasteiger charge is 2.56. The van der Waals surface area contributed by atoms with Gasteiger partial charge in [-0.05, 0) is 48.0 Å². The molecule has 1 N–H and O–H groups in total. The number of fused-ring (bicyclic) bond motifs is 2. The second-order valence-corrected chi connectivity index (χ2v) is 12.0. The van der Waals surface area contributed by atoms with Crippen molar-refractivity contribution in [2.45, 2.75) is 28.9 Å². The Morgan fingerprint density at radius 1 is 0.953 bits per heavy atom. The van der Waals surface area contributed by atoms with Crippen molar-refractivity contribution in [2.24, 2.45) is 5.92 Å². The molecule has 0 aliphatic carbocycles. The highest BCUT2D eigenvalue weighted by atomic mass is 32.2. The van der Waals surface area contributed by atoms with Crippen LogP contribution < -0.4 is 19.8 Å². The number of imide groups is 1. The lowest BCUT2D eigenvalue weighted by molar-refractivity contribution is -0.137. The number of thiazole rings is 1. The molecule has 3 atom stereocenters. The van der Waals surface area contributed by atoms with E-state index >= 15 is 0 Å². The number of rotatable bonds is 6. The smallest absolute Gasteiger partial charge is 0.416 e. The molecule has 8 nitrogen and oxygen atoms in total. The SMILES string of the molecule is COc1ccc(N2C(=O)C3Sc4c(sc(=O)n4CC(=O)Nc4cccc(C(F)(F)F)c4)[C@H](c4ccccc4)C3C2=O)cc1. The lowest BCUT2D eigenvalue weighted by Gasteiger charge is -2.30. The third-order valence-electron chi connectivity index (χ3n) is 7.31. The summed E-state index contributed by atoms with van der Waals surface area (Å²) in [6.07, 6.45) is -4.59. The Kier molecular flexibility index (Phi) is 7.38. The van der Waals surface area contributed by atoms with Crippen molar-refractivity contribution >= 4 is 52.2 Å². The normalized spacial score (nSPS) is 19.6. The summed E-state index contributed by atoms with van der Waals surface area (Å²) in [5.41, 5.74) is 0.129. The number of alkyl halides is 3. The van der Waals surface area contributed by atoms with Crippen molar-refractivity contribution in [3.63, 3.8) is 0 Å². The van der Waals surface area contributed by atoms with Crippen molar-refractivity contribution < 1.29 is 32.3 Å². The first-order chi connectivity index (χ1) is 20.6. The number of thioether (sulfide) groups is 1. The van der Waals surface area contributed by atoms with Crippen LogP contribution in [0.2, 0.25) is 0 Å². The minimum atomic E-state index is -4.59. The Bertz CT molecular complexity index is 1790. The third kappa shape index (κ3) is 5.23. The molecule has 3 amide bonds. The monoisotopic (exact) mass is 625 g/mol. The van der Waals surface area contributed by atoms with Crippen LogP contribution >= 0.6 is 23.1 Å². The van der Waals surface area contributed by atoms with Crippen molar-refractivity contribution in [3.05, 3.63) is 105 Å².